The number of nitrogens with one attached hydrogen (secondary N) is 1. The van der Waals surface area contributed by atoms with Crippen molar-refractivity contribution in [3.8, 4) is 5.00 Å². The first-order valence-corrected chi connectivity index (χ1v) is 13.2. The molecule has 0 bridgehead atoms. The summed E-state index contributed by atoms with van der Waals surface area (Å²) in [4.78, 5) is 19.6. The van der Waals surface area contributed by atoms with Crippen LogP contribution in [0.1, 0.15) is 38.9 Å². The van der Waals surface area contributed by atoms with E-state index in [1.54, 1.807) is 18.2 Å². The predicted molar refractivity (Wildman–Crippen MR) is 143 cm³/mol. The number of aryl methyl sites for hydroxylation is 1. The van der Waals surface area contributed by atoms with E-state index >= 15 is 0 Å². The van der Waals surface area contributed by atoms with Gasteiger partial charge in [-0.15, -0.1) is 11.3 Å². The second kappa shape index (κ2) is 9.07. The molecule has 0 saturated heterocycles. The molecule has 36 heavy (non-hydrogen) atoms. The van der Waals surface area contributed by atoms with Crippen molar-refractivity contribution in [1.82, 2.24) is 14.4 Å². The maximum Gasteiger partial charge on any atom is 0.322 e. The van der Waals surface area contributed by atoms with Gasteiger partial charge in [0, 0.05) is 40.4 Å². The van der Waals surface area contributed by atoms with Gasteiger partial charge in [0.25, 0.3) is 0 Å². The van der Waals surface area contributed by atoms with E-state index < -0.39 is 0 Å². The van der Waals surface area contributed by atoms with Crippen molar-refractivity contribution < 1.29 is 9.18 Å². The van der Waals surface area contributed by atoms with Gasteiger partial charge >= 0.3 is 6.03 Å². The van der Waals surface area contributed by atoms with Crippen LogP contribution in [-0.2, 0) is 19.5 Å². The predicted octanol–water partition coefficient (Wildman–Crippen LogP) is 6.76. The number of aromatic nitrogens is 1. The molecular formula is C28H26ClFN4OS. The molecule has 8 heteroatoms. The van der Waals surface area contributed by atoms with Gasteiger partial charge in [-0.2, -0.15) is 0 Å². The molecule has 2 amide bonds. The van der Waals surface area contributed by atoms with Crippen LogP contribution in [0, 0.1) is 12.7 Å². The number of hydrogen-bond acceptors (Lipinski definition) is 3. The second-order valence-corrected chi connectivity index (χ2v) is 11.1. The number of anilines is 1. The van der Waals surface area contributed by atoms with Crippen LogP contribution in [0.15, 0.2) is 60.8 Å². The van der Waals surface area contributed by atoms with Crippen LogP contribution < -0.4 is 5.32 Å². The van der Waals surface area contributed by atoms with Crippen LogP contribution in [0.5, 0.6) is 0 Å². The fourth-order valence-electron chi connectivity index (χ4n) is 5.26. The number of rotatable bonds is 2. The summed E-state index contributed by atoms with van der Waals surface area (Å²) in [6, 6.07) is 15.4. The highest BCUT2D eigenvalue weighted by Gasteiger charge is 2.36. The Morgan fingerprint density at radius 2 is 1.92 bits per heavy atom. The lowest BCUT2D eigenvalue weighted by atomic mass is 10.0. The molecule has 5 nitrogen and oxygen atoms in total. The number of hydrogen-bond donors (Lipinski definition) is 1. The van der Waals surface area contributed by atoms with Gasteiger partial charge in [0.1, 0.15) is 10.8 Å². The fraction of sp³-hybridized carbons (Fsp3) is 0.250. The van der Waals surface area contributed by atoms with Crippen LogP contribution in [0.4, 0.5) is 14.9 Å². The number of likely N-dealkylation sites (N-methyl/N-ethyl adjacent to an activating group) is 1. The Morgan fingerprint density at radius 3 is 2.72 bits per heavy atom. The van der Waals surface area contributed by atoms with Crippen LogP contribution >= 0.6 is 22.9 Å². The van der Waals surface area contributed by atoms with Gasteiger partial charge in [0.05, 0.1) is 18.3 Å². The minimum absolute atomic E-state index is 0.219. The molecule has 4 aromatic rings. The maximum absolute atomic E-state index is 14.0. The number of urea groups is 1. The summed E-state index contributed by atoms with van der Waals surface area (Å²) in [5, 5.41) is 4.83. The zero-order valence-electron chi connectivity index (χ0n) is 20.1. The van der Waals surface area contributed by atoms with E-state index in [1.807, 2.05) is 41.4 Å². The Bertz CT molecular complexity index is 1460. The normalized spacial score (nSPS) is 17.2. The molecular weight excluding hydrogens is 495 g/mol. The molecule has 0 unspecified atom stereocenters. The van der Waals surface area contributed by atoms with Crippen LogP contribution in [-0.4, -0.2) is 34.0 Å². The number of benzene rings is 2. The van der Waals surface area contributed by atoms with E-state index in [2.05, 4.69) is 34.1 Å². The topological polar surface area (TPSA) is 40.5 Å². The molecule has 0 aliphatic carbocycles. The molecule has 184 valence electrons. The van der Waals surface area contributed by atoms with Crippen LogP contribution in [0.3, 0.4) is 0 Å². The largest absolute Gasteiger partial charge is 0.322 e. The van der Waals surface area contributed by atoms with Gasteiger partial charge in [-0.05, 0) is 73.5 Å². The number of fused-ring (bicyclic) bond motifs is 5. The third kappa shape index (κ3) is 4.01. The standard InChI is InChI=1S/C28H26ClFN4OS/c1-17-5-8-19(29)14-23(17)31-28(35)34-15-22-21-11-13-32(2)16-25(21)36-27(22)33-12-3-4-24(33)26(34)18-6-9-20(30)10-7-18/h3-10,12,14,26H,11,13,15-16H2,1-2H3,(H,31,35)/t26-/m0/s1. The summed E-state index contributed by atoms with van der Waals surface area (Å²) in [6.07, 6.45) is 3.03. The number of thiophene rings is 1. The first kappa shape index (κ1) is 23.3. The first-order chi connectivity index (χ1) is 17.4. The van der Waals surface area contributed by atoms with E-state index in [0.29, 0.717) is 17.3 Å². The van der Waals surface area contributed by atoms with Crippen molar-refractivity contribution in [2.45, 2.75) is 32.5 Å². The Kier molecular flexibility index (Phi) is 5.86. The molecule has 1 N–H and O–H groups in total. The maximum atomic E-state index is 14.0. The van der Waals surface area contributed by atoms with Crippen molar-refractivity contribution in [2.75, 3.05) is 18.9 Å². The molecule has 2 aliphatic heterocycles. The molecule has 2 aromatic heterocycles. The number of amides is 2. The second-order valence-electron chi connectivity index (χ2n) is 9.55. The summed E-state index contributed by atoms with van der Waals surface area (Å²) < 4.78 is 16.1. The molecule has 6 rings (SSSR count). The number of carbonyl (C=O) groups is 1. The molecule has 0 fully saturated rings. The van der Waals surface area contributed by atoms with Gasteiger partial charge in [-0.1, -0.05) is 29.8 Å². The Balaban J connectivity index is 1.50. The lowest BCUT2D eigenvalue weighted by Crippen LogP contribution is -2.38. The van der Waals surface area contributed by atoms with Gasteiger partial charge in [-0.25, -0.2) is 9.18 Å². The van der Waals surface area contributed by atoms with Gasteiger partial charge in [0.2, 0.25) is 0 Å². The quantitative estimate of drug-likeness (QED) is 0.317. The van der Waals surface area contributed by atoms with Crippen molar-refractivity contribution in [3.63, 3.8) is 0 Å². The first-order valence-electron chi connectivity index (χ1n) is 12.0. The lowest BCUT2D eigenvalue weighted by molar-refractivity contribution is 0.194. The minimum Gasteiger partial charge on any atom is -0.310 e. The average molecular weight is 521 g/mol. The van der Waals surface area contributed by atoms with Crippen molar-refractivity contribution >= 4 is 34.7 Å². The highest BCUT2D eigenvalue weighted by atomic mass is 35.5. The number of carbonyl (C=O) groups excluding carboxylic acids is 1. The van der Waals surface area contributed by atoms with Crippen molar-refractivity contribution in [1.29, 1.82) is 0 Å². The number of halogens is 2. The molecule has 0 spiro atoms. The fourth-order valence-corrected chi connectivity index (χ4v) is 6.88. The highest BCUT2D eigenvalue weighted by molar-refractivity contribution is 7.15. The SMILES string of the molecule is Cc1ccc(Cl)cc1NC(=O)N1Cc2c(sc3c2CCN(C)C3)-n2cccc2[C@@H]1c1ccc(F)cc1. The molecule has 0 saturated carbocycles. The summed E-state index contributed by atoms with van der Waals surface area (Å²) in [5.74, 6) is -0.300. The third-order valence-electron chi connectivity index (χ3n) is 7.14. The van der Waals surface area contributed by atoms with Crippen LogP contribution in [0.2, 0.25) is 5.02 Å². The highest BCUT2D eigenvalue weighted by Crippen LogP contribution is 2.43. The zero-order chi connectivity index (χ0) is 25.0. The Labute approximate surface area is 218 Å². The molecule has 1 atom stereocenters. The average Bonchev–Trinajstić information content (AvgIpc) is 3.43. The summed E-state index contributed by atoms with van der Waals surface area (Å²) >= 11 is 8.05. The van der Waals surface area contributed by atoms with Gasteiger partial charge in [0.15, 0.2) is 0 Å². The summed E-state index contributed by atoms with van der Waals surface area (Å²) in [7, 11) is 2.15. The molecule has 2 aromatic carbocycles. The third-order valence-corrected chi connectivity index (χ3v) is 8.64. The monoisotopic (exact) mass is 520 g/mol. The van der Waals surface area contributed by atoms with Gasteiger partial charge in [-0.3, -0.25) is 0 Å². The Morgan fingerprint density at radius 1 is 1.11 bits per heavy atom. The van der Waals surface area contributed by atoms with E-state index in [4.69, 9.17) is 11.6 Å². The molecule has 2 aliphatic rings. The zero-order valence-corrected chi connectivity index (χ0v) is 21.7. The summed E-state index contributed by atoms with van der Waals surface area (Å²) in [6.45, 7) is 4.31. The van der Waals surface area contributed by atoms with E-state index in [9.17, 15) is 9.18 Å². The van der Waals surface area contributed by atoms with Gasteiger partial charge < -0.3 is 19.7 Å². The van der Waals surface area contributed by atoms with E-state index in [-0.39, 0.29) is 17.9 Å². The smallest absolute Gasteiger partial charge is 0.310 e. The Hall–Kier alpha value is -3.13. The van der Waals surface area contributed by atoms with Crippen molar-refractivity contribution in [3.05, 3.63) is 104 Å². The van der Waals surface area contributed by atoms with E-state index in [1.165, 1.54) is 28.1 Å². The minimum atomic E-state index is -0.387. The molecule has 4 heterocycles. The number of nitrogens with zero attached hydrogens (tertiary/aromatic N) is 3. The van der Waals surface area contributed by atoms with E-state index in [0.717, 1.165) is 41.3 Å². The lowest BCUT2D eigenvalue weighted by Gasteiger charge is -2.32. The molecule has 0 radical (unpaired) electrons. The van der Waals surface area contributed by atoms with Crippen molar-refractivity contribution in [2.24, 2.45) is 0 Å². The summed E-state index contributed by atoms with van der Waals surface area (Å²) in [5.41, 5.74) is 6.00. The van der Waals surface area contributed by atoms with Crippen LogP contribution in [0.25, 0.3) is 5.00 Å².